The number of hydrogen-bond donors (Lipinski definition) is 1. The van der Waals surface area contributed by atoms with Gasteiger partial charge in [0.2, 0.25) is 0 Å². The van der Waals surface area contributed by atoms with Crippen molar-refractivity contribution in [2.75, 3.05) is 6.61 Å². The summed E-state index contributed by atoms with van der Waals surface area (Å²) in [7, 11) is 0. The maximum absolute atomic E-state index is 13.7. The van der Waals surface area contributed by atoms with Crippen molar-refractivity contribution in [2.24, 2.45) is 5.92 Å². The van der Waals surface area contributed by atoms with Gasteiger partial charge in [-0.2, -0.15) is 0 Å². The molecule has 3 nitrogen and oxygen atoms in total. The Labute approximate surface area is 109 Å². The van der Waals surface area contributed by atoms with Gasteiger partial charge in [0.15, 0.2) is 17.4 Å². The predicted molar refractivity (Wildman–Crippen MR) is 65.9 cm³/mol. The molecule has 2 rings (SSSR count). The van der Waals surface area contributed by atoms with Gasteiger partial charge in [0.25, 0.3) is 0 Å². The first-order valence-electron chi connectivity index (χ1n) is 6.09. The highest BCUT2D eigenvalue weighted by Gasteiger charge is 2.20. The minimum Gasteiger partial charge on any atom is -0.487 e. The summed E-state index contributed by atoms with van der Waals surface area (Å²) in [4.78, 5) is 10.3. The summed E-state index contributed by atoms with van der Waals surface area (Å²) in [5.74, 6) is -2.82. The van der Waals surface area contributed by atoms with Gasteiger partial charge in [0.1, 0.15) is 0 Å². The second-order valence-corrected chi connectivity index (χ2v) is 4.59. The van der Waals surface area contributed by atoms with Crippen LogP contribution in [0.2, 0.25) is 0 Å². The van der Waals surface area contributed by atoms with E-state index in [2.05, 4.69) is 0 Å². The van der Waals surface area contributed by atoms with Crippen LogP contribution in [0.25, 0.3) is 6.08 Å². The van der Waals surface area contributed by atoms with Crippen LogP contribution in [0.1, 0.15) is 24.8 Å². The molecule has 0 aromatic heterocycles. The molecule has 0 atom stereocenters. The molecule has 1 N–H and O–H groups in total. The summed E-state index contributed by atoms with van der Waals surface area (Å²) in [5.41, 5.74) is 0.147. The Morgan fingerprint density at radius 3 is 2.47 bits per heavy atom. The smallest absolute Gasteiger partial charge is 0.328 e. The van der Waals surface area contributed by atoms with Gasteiger partial charge in [-0.3, -0.25) is 0 Å². The molecule has 102 valence electrons. The molecule has 0 amide bonds. The minimum atomic E-state index is -1.17. The molecule has 0 saturated heterocycles. The van der Waals surface area contributed by atoms with Crippen LogP contribution in [0.4, 0.5) is 8.78 Å². The Balaban J connectivity index is 2.09. The number of carbonyl (C=O) groups is 1. The van der Waals surface area contributed by atoms with Gasteiger partial charge in [-0.1, -0.05) is 6.42 Å². The first-order chi connectivity index (χ1) is 9.06. The van der Waals surface area contributed by atoms with E-state index in [0.717, 1.165) is 43.5 Å². The fraction of sp³-hybridized carbons (Fsp3) is 0.357. The van der Waals surface area contributed by atoms with Crippen molar-refractivity contribution in [1.82, 2.24) is 0 Å². The Kier molecular flexibility index (Phi) is 4.14. The minimum absolute atomic E-state index is 0.147. The van der Waals surface area contributed by atoms with Crippen molar-refractivity contribution in [1.29, 1.82) is 0 Å². The van der Waals surface area contributed by atoms with E-state index < -0.39 is 17.6 Å². The molecule has 0 radical (unpaired) electrons. The van der Waals surface area contributed by atoms with Gasteiger partial charge in [-0.15, -0.1) is 0 Å². The molecule has 0 spiro atoms. The zero-order chi connectivity index (χ0) is 13.8. The van der Waals surface area contributed by atoms with Crippen molar-refractivity contribution >= 4 is 12.0 Å². The predicted octanol–water partition coefficient (Wildman–Crippen LogP) is 3.24. The third-order valence-electron chi connectivity index (χ3n) is 3.13. The molecule has 1 aromatic rings. The lowest BCUT2D eigenvalue weighted by molar-refractivity contribution is -0.131. The van der Waals surface area contributed by atoms with Crippen LogP contribution in [-0.2, 0) is 4.79 Å². The maximum atomic E-state index is 13.7. The Hall–Kier alpha value is -1.91. The number of carboxylic acid groups (broad SMARTS) is 1. The average Bonchev–Trinajstić information content (AvgIpc) is 2.27. The lowest BCUT2D eigenvalue weighted by Gasteiger charge is -2.25. The summed E-state index contributed by atoms with van der Waals surface area (Å²) in [6.45, 7) is 0.318. The van der Waals surface area contributed by atoms with Gasteiger partial charge in [-0.25, -0.2) is 13.6 Å². The number of hydrogen-bond acceptors (Lipinski definition) is 2. The van der Waals surface area contributed by atoms with E-state index in [1.54, 1.807) is 0 Å². The number of carboxylic acids is 1. The quantitative estimate of drug-likeness (QED) is 0.834. The van der Waals surface area contributed by atoms with Crippen LogP contribution in [0.5, 0.6) is 5.75 Å². The van der Waals surface area contributed by atoms with E-state index in [4.69, 9.17) is 9.84 Å². The van der Waals surface area contributed by atoms with Crippen LogP contribution in [0.15, 0.2) is 18.2 Å². The van der Waals surface area contributed by atoms with Gasteiger partial charge in [0, 0.05) is 6.08 Å². The number of rotatable bonds is 5. The molecule has 5 heteroatoms. The van der Waals surface area contributed by atoms with Crippen molar-refractivity contribution < 1.29 is 23.4 Å². The van der Waals surface area contributed by atoms with Crippen molar-refractivity contribution in [3.63, 3.8) is 0 Å². The highest BCUT2D eigenvalue weighted by atomic mass is 19.1. The van der Waals surface area contributed by atoms with Crippen LogP contribution in [0.3, 0.4) is 0 Å². The second kappa shape index (κ2) is 5.82. The lowest BCUT2D eigenvalue weighted by atomic mass is 9.86. The van der Waals surface area contributed by atoms with Crippen molar-refractivity contribution in [2.45, 2.75) is 19.3 Å². The van der Waals surface area contributed by atoms with Crippen LogP contribution < -0.4 is 4.74 Å². The third kappa shape index (κ3) is 3.53. The SMILES string of the molecule is O=C(O)C=Cc1cc(F)c(OCC2CCC2)c(F)c1. The van der Waals surface area contributed by atoms with Crippen LogP contribution in [0, 0.1) is 17.6 Å². The van der Waals surface area contributed by atoms with Gasteiger partial charge in [-0.05, 0) is 42.5 Å². The first kappa shape index (κ1) is 13.5. The molecular weight excluding hydrogens is 254 g/mol. The number of halogens is 2. The normalized spacial score (nSPS) is 15.5. The molecule has 1 aliphatic carbocycles. The Bertz CT molecular complexity index is 484. The topological polar surface area (TPSA) is 46.5 Å². The van der Waals surface area contributed by atoms with Gasteiger partial charge in [0.05, 0.1) is 6.61 Å². The molecule has 0 bridgehead atoms. The summed E-state index contributed by atoms with van der Waals surface area (Å²) in [5, 5.41) is 8.45. The second-order valence-electron chi connectivity index (χ2n) is 4.59. The lowest BCUT2D eigenvalue weighted by Crippen LogP contribution is -2.20. The molecular formula is C14H14F2O3. The number of aliphatic carboxylic acids is 1. The standard InChI is InChI=1S/C14H14F2O3/c15-11-6-10(4-5-13(17)18)7-12(16)14(11)19-8-9-2-1-3-9/h4-7,9H,1-3,8H2,(H,17,18). The van der Waals surface area contributed by atoms with E-state index >= 15 is 0 Å². The Morgan fingerprint density at radius 1 is 1.37 bits per heavy atom. The highest BCUT2D eigenvalue weighted by Crippen LogP contribution is 2.29. The molecule has 0 unspecified atom stereocenters. The molecule has 1 aliphatic rings. The van der Waals surface area contributed by atoms with Gasteiger partial charge >= 0.3 is 5.97 Å². The van der Waals surface area contributed by atoms with Gasteiger partial charge < -0.3 is 9.84 Å². The van der Waals surface area contributed by atoms with E-state index in [1.165, 1.54) is 0 Å². The summed E-state index contributed by atoms with van der Waals surface area (Å²) in [6.07, 6.45) is 5.15. The number of benzene rings is 1. The third-order valence-corrected chi connectivity index (χ3v) is 3.13. The van der Waals surface area contributed by atoms with Crippen molar-refractivity contribution in [3.05, 3.63) is 35.4 Å². The summed E-state index contributed by atoms with van der Waals surface area (Å²) in [6, 6.07) is 2.11. The molecule has 1 fully saturated rings. The molecule has 0 heterocycles. The average molecular weight is 268 g/mol. The zero-order valence-electron chi connectivity index (χ0n) is 10.2. The number of ether oxygens (including phenoxy) is 1. The zero-order valence-corrected chi connectivity index (χ0v) is 10.2. The van der Waals surface area contributed by atoms with E-state index in [-0.39, 0.29) is 11.3 Å². The van der Waals surface area contributed by atoms with Crippen LogP contribution in [-0.4, -0.2) is 17.7 Å². The highest BCUT2D eigenvalue weighted by molar-refractivity contribution is 5.85. The van der Waals surface area contributed by atoms with Crippen molar-refractivity contribution in [3.8, 4) is 5.75 Å². The summed E-state index contributed by atoms with van der Waals surface area (Å²) >= 11 is 0. The fourth-order valence-electron chi connectivity index (χ4n) is 1.84. The maximum Gasteiger partial charge on any atom is 0.328 e. The fourth-order valence-corrected chi connectivity index (χ4v) is 1.84. The largest absolute Gasteiger partial charge is 0.487 e. The molecule has 19 heavy (non-hydrogen) atoms. The van der Waals surface area contributed by atoms with E-state index in [1.807, 2.05) is 0 Å². The summed E-state index contributed by atoms with van der Waals surface area (Å²) < 4.78 is 32.5. The molecule has 0 aliphatic heterocycles. The van der Waals surface area contributed by atoms with Crippen LogP contribution >= 0.6 is 0 Å². The molecule has 1 aromatic carbocycles. The monoisotopic (exact) mass is 268 g/mol. The first-order valence-corrected chi connectivity index (χ1v) is 6.09. The Morgan fingerprint density at radius 2 is 2.00 bits per heavy atom. The van der Waals surface area contributed by atoms with E-state index in [0.29, 0.717) is 12.5 Å². The van der Waals surface area contributed by atoms with E-state index in [9.17, 15) is 13.6 Å². The molecule has 1 saturated carbocycles.